The minimum Gasteiger partial charge on any atom is -0.298 e. The molecule has 110 valence electrons. The van der Waals surface area contributed by atoms with Crippen molar-refractivity contribution in [2.75, 3.05) is 13.1 Å². The quantitative estimate of drug-likeness (QED) is 0.725. The Bertz CT molecular complexity index is 454. The SMILES string of the molecule is CC(C)CCN(CC(=O)Cc1ccccc1F)C1CC1. The van der Waals surface area contributed by atoms with Gasteiger partial charge < -0.3 is 0 Å². The van der Waals surface area contributed by atoms with Crippen LogP contribution in [0.1, 0.15) is 38.7 Å². The van der Waals surface area contributed by atoms with E-state index in [4.69, 9.17) is 0 Å². The third kappa shape index (κ3) is 4.71. The van der Waals surface area contributed by atoms with Gasteiger partial charge in [-0.1, -0.05) is 32.0 Å². The average Bonchev–Trinajstić information content (AvgIpc) is 3.21. The summed E-state index contributed by atoms with van der Waals surface area (Å²) in [5, 5.41) is 0. The molecule has 1 fully saturated rings. The van der Waals surface area contributed by atoms with Crippen LogP contribution < -0.4 is 0 Å². The second-order valence-corrected chi connectivity index (χ2v) is 6.19. The van der Waals surface area contributed by atoms with Crippen molar-refractivity contribution in [2.45, 2.75) is 45.6 Å². The number of hydrogen-bond donors (Lipinski definition) is 0. The van der Waals surface area contributed by atoms with Gasteiger partial charge in [-0.2, -0.15) is 0 Å². The molecule has 1 saturated carbocycles. The standard InChI is InChI=1S/C17H24FNO/c1-13(2)9-10-19(15-7-8-15)12-16(20)11-14-5-3-4-6-17(14)18/h3-6,13,15H,7-12H2,1-2H3. The molecule has 1 aliphatic carbocycles. The zero-order valence-corrected chi connectivity index (χ0v) is 12.4. The van der Waals surface area contributed by atoms with Crippen LogP contribution in [-0.2, 0) is 11.2 Å². The van der Waals surface area contributed by atoms with Gasteiger partial charge in [0.05, 0.1) is 6.54 Å². The number of ketones is 1. The summed E-state index contributed by atoms with van der Waals surface area (Å²) in [4.78, 5) is 14.4. The Morgan fingerprint density at radius 2 is 2.05 bits per heavy atom. The number of rotatable bonds is 8. The molecule has 0 N–H and O–H groups in total. The van der Waals surface area contributed by atoms with Gasteiger partial charge in [-0.15, -0.1) is 0 Å². The highest BCUT2D eigenvalue weighted by Gasteiger charge is 2.30. The topological polar surface area (TPSA) is 20.3 Å². The van der Waals surface area contributed by atoms with Gasteiger partial charge in [0.25, 0.3) is 0 Å². The van der Waals surface area contributed by atoms with E-state index in [9.17, 15) is 9.18 Å². The first kappa shape index (κ1) is 15.2. The highest BCUT2D eigenvalue weighted by atomic mass is 19.1. The van der Waals surface area contributed by atoms with Crippen molar-refractivity contribution in [3.05, 3.63) is 35.6 Å². The lowest BCUT2D eigenvalue weighted by molar-refractivity contribution is -0.119. The second kappa shape index (κ2) is 6.98. The third-order valence-corrected chi connectivity index (χ3v) is 3.78. The molecule has 3 heteroatoms. The van der Waals surface area contributed by atoms with Crippen molar-refractivity contribution in [1.29, 1.82) is 0 Å². The molecular weight excluding hydrogens is 253 g/mol. The molecule has 0 bridgehead atoms. The Kier molecular flexibility index (Phi) is 5.30. The van der Waals surface area contributed by atoms with Crippen molar-refractivity contribution in [3.8, 4) is 0 Å². The summed E-state index contributed by atoms with van der Waals surface area (Å²) in [6.45, 7) is 5.84. The number of hydrogen-bond acceptors (Lipinski definition) is 2. The Balaban J connectivity index is 1.87. The fourth-order valence-corrected chi connectivity index (χ4v) is 2.39. The van der Waals surface area contributed by atoms with E-state index in [2.05, 4.69) is 18.7 Å². The van der Waals surface area contributed by atoms with Gasteiger partial charge in [0.15, 0.2) is 5.78 Å². The van der Waals surface area contributed by atoms with Crippen LogP contribution in [-0.4, -0.2) is 29.8 Å². The Hall–Kier alpha value is -1.22. The minimum absolute atomic E-state index is 0.116. The van der Waals surface area contributed by atoms with Gasteiger partial charge in [-0.25, -0.2) is 4.39 Å². The van der Waals surface area contributed by atoms with Crippen molar-refractivity contribution in [3.63, 3.8) is 0 Å². The van der Waals surface area contributed by atoms with Crippen molar-refractivity contribution >= 4 is 5.78 Å². The molecule has 1 aliphatic rings. The molecule has 0 aromatic heterocycles. The second-order valence-electron chi connectivity index (χ2n) is 6.19. The molecule has 0 spiro atoms. The van der Waals surface area contributed by atoms with Gasteiger partial charge in [0.1, 0.15) is 5.82 Å². The third-order valence-electron chi connectivity index (χ3n) is 3.78. The molecule has 1 aromatic carbocycles. The van der Waals surface area contributed by atoms with Gasteiger partial charge >= 0.3 is 0 Å². The minimum atomic E-state index is -0.277. The van der Waals surface area contributed by atoms with E-state index in [0.29, 0.717) is 24.1 Å². The number of Topliss-reactive ketones (excluding diaryl/α,β-unsaturated/α-hetero) is 1. The molecule has 0 radical (unpaired) electrons. The average molecular weight is 277 g/mol. The van der Waals surface area contributed by atoms with Crippen LogP contribution in [0.15, 0.2) is 24.3 Å². The number of carbonyl (C=O) groups is 1. The van der Waals surface area contributed by atoms with Crippen molar-refractivity contribution < 1.29 is 9.18 Å². The van der Waals surface area contributed by atoms with Gasteiger partial charge in [-0.3, -0.25) is 9.69 Å². The smallest absolute Gasteiger partial charge is 0.151 e. The van der Waals surface area contributed by atoms with E-state index < -0.39 is 0 Å². The number of benzene rings is 1. The van der Waals surface area contributed by atoms with Gasteiger partial charge in [0, 0.05) is 12.5 Å². The zero-order chi connectivity index (χ0) is 14.5. The first-order valence-electron chi connectivity index (χ1n) is 7.55. The molecule has 0 unspecified atom stereocenters. The van der Waals surface area contributed by atoms with Crippen LogP contribution in [0.3, 0.4) is 0 Å². The van der Waals surface area contributed by atoms with Crippen molar-refractivity contribution in [2.24, 2.45) is 5.92 Å². The summed E-state index contributed by atoms with van der Waals surface area (Å²) in [7, 11) is 0. The fourth-order valence-electron chi connectivity index (χ4n) is 2.39. The van der Waals surface area contributed by atoms with Crippen LogP contribution in [0.5, 0.6) is 0 Å². The van der Waals surface area contributed by atoms with Crippen LogP contribution >= 0.6 is 0 Å². The summed E-state index contributed by atoms with van der Waals surface area (Å²) in [5.41, 5.74) is 0.511. The number of nitrogens with zero attached hydrogens (tertiary/aromatic N) is 1. The number of carbonyl (C=O) groups excluding carboxylic acids is 1. The lowest BCUT2D eigenvalue weighted by Crippen LogP contribution is -2.34. The molecule has 0 amide bonds. The highest BCUT2D eigenvalue weighted by molar-refractivity contribution is 5.82. The maximum Gasteiger partial charge on any atom is 0.151 e. The Labute approximate surface area is 121 Å². The molecule has 0 heterocycles. The van der Waals surface area contributed by atoms with E-state index >= 15 is 0 Å². The zero-order valence-electron chi connectivity index (χ0n) is 12.4. The van der Waals surface area contributed by atoms with Crippen LogP contribution in [0.2, 0.25) is 0 Å². The Morgan fingerprint density at radius 3 is 2.65 bits per heavy atom. The normalized spacial score (nSPS) is 15.1. The number of halogens is 1. The Morgan fingerprint density at radius 1 is 1.35 bits per heavy atom. The summed E-state index contributed by atoms with van der Waals surface area (Å²) in [6.07, 6.45) is 3.72. The van der Waals surface area contributed by atoms with E-state index in [1.165, 1.54) is 18.9 Å². The summed E-state index contributed by atoms with van der Waals surface area (Å²) in [6, 6.07) is 7.13. The molecular formula is C17H24FNO. The molecule has 0 saturated heterocycles. The van der Waals surface area contributed by atoms with Crippen LogP contribution in [0.25, 0.3) is 0 Å². The predicted molar refractivity (Wildman–Crippen MR) is 79.2 cm³/mol. The molecule has 2 nitrogen and oxygen atoms in total. The van der Waals surface area contributed by atoms with Crippen molar-refractivity contribution in [1.82, 2.24) is 4.90 Å². The summed E-state index contributed by atoms with van der Waals surface area (Å²) >= 11 is 0. The largest absolute Gasteiger partial charge is 0.298 e. The fraction of sp³-hybridized carbons (Fsp3) is 0.588. The first-order chi connectivity index (χ1) is 9.56. The summed E-state index contributed by atoms with van der Waals surface area (Å²) in [5.74, 6) is 0.490. The lowest BCUT2D eigenvalue weighted by Gasteiger charge is -2.22. The van der Waals surface area contributed by atoms with E-state index in [-0.39, 0.29) is 18.0 Å². The molecule has 20 heavy (non-hydrogen) atoms. The van der Waals surface area contributed by atoms with Gasteiger partial charge in [-0.05, 0) is 43.4 Å². The van der Waals surface area contributed by atoms with E-state index in [1.807, 2.05) is 0 Å². The monoisotopic (exact) mass is 277 g/mol. The highest BCUT2D eigenvalue weighted by Crippen LogP contribution is 2.27. The molecule has 0 atom stereocenters. The van der Waals surface area contributed by atoms with Crippen LogP contribution in [0, 0.1) is 11.7 Å². The molecule has 1 aromatic rings. The maximum absolute atomic E-state index is 13.5. The first-order valence-corrected chi connectivity index (χ1v) is 7.55. The summed E-state index contributed by atoms with van der Waals surface area (Å²) < 4.78 is 13.5. The lowest BCUT2D eigenvalue weighted by atomic mass is 10.1. The van der Waals surface area contributed by atoms with E-state index in [1.54, 1.807) is 18.2 Å². The molecule has 2 rings (SSSR count). The van der Waals surface area contributed by atoms with Crippen LogP contribution in [0.4, 0.5) is 4.39 Å². The predicted octanol–water partition coefficient (Wildman–Crippen LogP) is 3.45. The molecule has 0 aliphatic heterocycles. The maximum atomic E-state index is 13.5. The van der Waals surface area contributed by atoms with E-state index in [0.717, 1.165) is 13.0 Å². The van der Waals surface area contributed by atoms with Gasteiger partial charge in [0.2, 0.25) is 0 Å².